The fourth-order valence-electron chi connectivity index (χ4n) is 5.35. The van der Waals surface area contributed by atoms with E-state index in [9.17, 15) is 0 Å². The molecule has 0 amide bonds. The van der Waals surface area contributed by atoms with Crippen molar-refractivity contribution in [1.82, 2.24) is 5.43 Å². The molecule has 3 unspecified atom stereocenters. The summed E-state index contributed by atoms with van der Waals surface area (Å²) in [5.74, 6) is 8.63. The molecule has 0 aromatic heterocycles. The molecule has 0 aliphatic heterocycles. The summed E-state index contributed by atoms with van der Waals surface area (Å²) in [6.45, 7) is 7.12. The molecule has 2 fully saturated rings. The molecule has 0 radical (unpaired) electrons. The molecule has 2 nitrogen and oxygen atoms in total. The van der Waals surface area contributed by atoms with Gasteiger partial charge >= 0.3 is 0 Å². The summed E-state index contributed by atoms with van der Waals surface area (Å²) in [7, 11) is 0. The summed E-state index contributed by atoms with van der Waals surface area (Å²) in [5.41, 5.74) is 3.79. The second-order valence-electron chi connectivity index (χ2n) is 8.01. The summed E-state index contributed by atoms with van der Waals surface area (Å²) in [6.07, 6.45) is 14.0. The van der Waals surface area contributed by atoms with E-state index in [1.807, 2.05) is 0 Å². The Morgan fingerprint density at radius 1 is 1.15 bits per heavy atom. The van der Waals surface area contributed by atoms with Crippen LogP contribution in [-0.2, 0) is 0 Å². The second-order valence-corrected chi connectivity index (χ2v) is 8.01. The molecule has 3 atom stereocenters. The first kappa shape index (κ1) is 16.3. The average Bonchev–Trinajstić information content (AvgIpc) is 2.88. The molecule has 2 saturated carbocycles. The molecule has 2 aliphatic rings. The first-order chi connectivity index (χ1) is 9.61. The minimum atomic E-state index is 0.489. The predicted octanol–water partition coefficient (Wildman–Crippen LogP) is 4.64. The number of nitrogens with two attached hydrogens (primary N) is 1. The van der Waals surface area contributed by atoms with Crippen LogP contribution in [0.5, 0.6) is 0 Å². The fourth-order valence-corrected chi connectivity index (χ4v) is 5.35. The standard InChI is InChI=1S/C18H36N2/c1-4-15-8-7-9-16(12-15)17(20-19)18(13-14(2)3)10-5-6-11-18/h14-17,20H,4-13,19H2,1-3H3. The van der Waals surface area contributed by atoms with Crippen LogP contribution in [0.25, 0.3) is 0 Å². The molecule has 2 heteroatoms. The lowest BCUT2D eigenvalue weighted by Crippen LogP contribution is -2.53. The second kappa shape index (κ2) is 7.26. The van der Waals surface area contributed by atoms with Gasteiger partial charge in [-0.15, -0.1) is 0 Å². The SMILES string of the molecule is CCC1CCCC(C(NN)C2(CC(C)C)CCCC2)C1. The van der Waals surface area contributed by atoms with Crippen LogP contribution in [0.1, 0.15) is 85.0 Å². The maximum absolute atomic E-state index is 6.08. The molecule has 20 heavy (non-hydrogen) atoms. The highest BCUT2D eigenvalue weighted by Crippen LogP contribution is 2.50. The van der Waals surface area contributed by atoms with E-state index in [0.29, 0.717) is 11.5 Å². The van der Waals surface area contributed by atoms with Crippen molar-refractivity contribution < 1.29 is 0 Å². The highest BCUT2D eigenvalue weighted by molar-refractivity contribution is 4.98. The van der Waals surface area contributed by atoms with E-state index in [1.165, 1.54) is 64.2 Å². The van der Waals surface area contributed by atoms with Crippen LogP contribution < -0.4 is 11.3 Å². The van der Waals surface area contributed by atoms with Gasteiger partial charge in [0.1, 0.15) is 0 Å². The summed E-state index contributed by atoms with van der Waals surface area (Å²) in [6, 6.07) is 0.557. The van der Waals surface area contributed by atoms with Gasteiger partial charge in [-0.25, -0.2) is 0 Å². The Balaban J connectivity index is 2.11. The molecule has 0 heterocycles. The van der Waals surface area contributed by atoms with Gasteiger partial charge in [0, 0.05) is 6.04 Å². The molecular weight excluding hydrogens is 244 g/mol. The molecule has 2 aliphatic carbocycles. The zero-order chi connectivity index (χ0) is 14.6. The van der Waals surface area contributed by atoms with Crippen molar-refractivity contribution in [1.29, 1.82) is 0 Å². The Labute approximate surface area is 126 Å². The molecule has 2 rings (SSSR count). The van der Waals surface area contributed by atoms with Gasteiger partial charge in [0.25, 0.3) is 0 Å². The maximum atomic E-state index is 6.08. The van der Waals surface area contributed by atoms with Crippen LogP contribution in [0.15, 0.2) is 0 Å². The average molecular weight is 280 g/mol. The third kappa shape index (κ3) is 3.57. The molecule has 0 saturated heterocycles. The predicted molar refractivity (Wildman–Crippen MR) is 87.2 cm³/mol. The van der Waals surface area contributed by atoms with E-state index in [0.717, 1.165) is 17.8 Å². The maximum Gasteiger partial charge on any atom is 0.0295 e. The van der Waals surface area contributed by atoms with E-state index < -0.39 is 0 Å². The number of hydrogen-bond acceptors (Lipinski definition) is 2. The third-order valence-electron chi connectivity index (χ3n) is 6.13. The Morgan fingerprint density at radius 3 is 2.40 bits per heavy atom. The largest absolute Gasteiger partial charge is 0.271 e. The van der Waals surface area contributed by atoms with Gasteiger partial charge in [0.05, 0.1) is 0 Å². The zero-order valence-electron chi connectivity index (χ0n) is 14.0. The number of hydrogen-bond donors (Lipinski definition) is 2. The van der Waals surface area contributed by atoms with Crippen molar-refractivity contribution in [2.45, 2.75) is 91.0 Å². The van der Waals surface area contributed by atoms with Gasteiger partial charge in [0.2, 0.25) is 0 Å². The summed E-state index contributed by atoms with van der Waals surface area (Å²) in [5, 5.41) is 0. The first-order valence-corrected chi connectivity index (χ1v) is 9.07. The summed E-state index contributed by atoms with van der Waals surface area (Å²) >= 11 is 0. The highest BCUT2D eigenvalue weighted by Gasteiger charge is 2.45. The number of rotatable bonds is 6. The Morgan fingerprint density at radius 2 is 1.85 bits per heavy atom. The zero-order valence-corrected chi connectivity index (χ0v) is 14.0. The fraction of sp³-hybridized carbons (Fsp3) is 1.00. The van der Waals surface area contributed by atoms with Crippen molar-refractivity contribution in [3.05, 3.63) is 0 Å². The Kier molecular flexibility index (Phi) is 5.92. The van der Waals surface area contributed by atoms with Gasteiger partial charge in [-0.2, -0.15) is 0 Å². The van der Waals surface area contributed by atoms with Crippen LogP contribution in [0.4, 0.5) is 0 Å². The highest BCUT2D eigenvalue weighted by atomic mass is 15.2. The Bertz CT molecular complexity index is 281. The van der Waals surface area contributed by atoms with Crippen molar-refractivity contribution >= 4 is 0 Å². The van der Waals surface area contributed by atoms with E-state index in [-0.39, 0.29) is 0 Å². The summed E-state index contributed by atoms with van der Waals surface area (Å²) < 4.78 is 0. The summed E-state index contributed by atoms with van der Waals surface area (Å²) in [4.78, 5) is 0. The van der Waals surface area contributed by atoms with Crippen molar-refractivity contribution in [2.24, 2.45) is 29.0 Å². The van der Waals surface area contributed by atoms with Crippen LogP contribution in [0.3, 0.4) is 0 Å². The van der Waals surface area contributed by atoms with Gasteiger partial charge in [-0.05, 0) is 55.3 Å². The van der Waals surface area contributed by atoms with E-state index in [4.69, 9.17) is 5.84 Å². The monoisotopic (exact) mass is 280 g/mol. The van der Waals surface area contributed by atoms with Crippen LogP contribution >= 0.6 is 0 Å². The van der Waals surface area contributed by atoms with E-state index in [1.54, 1.807) is 0 Å². The van der Waals surface area contributed by atoms with Crippen molar-refractivity contribution in [3.8, 4) is 0 Å². The number of hydrazine groups is 1. The molecule has 0 aromatic rings. The smallest absolute Gasteiger partial charge is 0.0295 e. The van der Waals surface area contributed by atoms with Crippen LogP contribution in [0, 0.1) is 23.2 Å². The van der Waals surface area contributed by atoms with Crippen LogP contribution in [0.2, 0.25) is 0 Å². The van der Waals surface area contributed by atoms with Crippen LogP contribution in [-0.4, -0.2) is 6.04 Å². The minimum Gasteiger partial charge on any atom is -0.271 e. The van der Waals surface area contributed by atoms with Crippen molar-refractivity contribution in [3.63, 3.8) is 0 Å². The van der Waals surface area contributed by atoms with E-state index in [2.05, 4.69) is 26.2 Å². The molecule has 0 aromatic carbocycles. The topological polar surface area (TPSA) is 38.0 Å². The minimum absolute atomic E-state index is 0.489. The normalized spacial score (nSPS) is 31.6. The lowest BCUT2D eigenvalue weighted by atomic mass is 9.64. The lowest BCUT2D eigenvalue weighted by Gasteiger charge is -2.45. The Hall–Kier alpha value is -0.0800. The van der Waals surface area contributed by atoms with E-state index >= 15 is 0 Å². The van der Waals surface area contributed by atoms with Gasteiger partial charge < -0.3 is 0 Å². The molecule has 118 valence electrons. The molecule has 0 spiro atoms. The number of nitrogens with one attached hydrogen (secondary N) is 1. The third-order valence-corrected chi connectivity index (χ3v) is 6.13. The molecule has 3 N–H and O–H groups in total. The van der Waals surface area contributed by atoms with Gasteiger partial charge in [0.15, 0.2) is 0 Å². The van der Waals surface area contributed by atoms with Crippen molar-refractivity contribution in [2.75, 3.05) is 0 Å². The molecule has 0 bridgehead atoms. The van der Waals surface area contributed by atoms with Gasteiger partial charge in [-0.3, -0.25) is 11.3 Å². The lowest BCUT2D eigenvalue weighted by molar-refractivity contribution is 0.0775. The first-order valence-electron chi connectivity index (χ1n) is 9.07. The van der Waals surface area contributed by atoms with Gasteiger partial charge in [-0.1, -0.05) is 52.9 Å². The molecular formula is C18H36N2. The quantitative estimate of drug-likeness (QED) is 0.549.